The second-order valence-electron chi connectivity index (χ2n) is 5.82. The lowest BCUT2D eigenvalue weighted by Crippen LogP contribution is -2.37. The fraction of sp³-hybridized carbons (Fsp3) is 0.444. The molecule has 10 heteroatoms. The second kappa shape index (κ2) is 10.6. The van der Waals surface area contributed by atoms with E-state index in [-0.39, 0.29) is 36.1 Å². The van der Waals surface area contributed by atoms with Crippen molar-refractivity contribution >= 4 is 29.9 Å². The topological polar surface area (TPSA) is 62.5 Å². The van der Waals surface area contributed by atoms with Crippen LogP contribution in [0.25, 0.3) is 0 Å². The van der Waals surface area contributed by atoms with Crippen LogP contribution in [0.4, 0.5) is 17.6 Å². The van der Waals surface area contributed by atoms with Gasteiger partial charge >= 0.3 is 6.18 Å². The third-order valence-electron chi connectivity index (χ3n) is 4.09. The summed E-state index contributed by atoms with van der Waals surface area (Å²) in [5, 5.41) is 9.88. The molecule has 0 fully saturated rings. The molecule has 5 nitrogen and oxygen atoms in total. The first-order valence-corrected chi connectivity index (χ1v) is 8.56. The molecule has 2 aromatic rings. The Morgan fingerprint density at radius 1 is 1.14 bits per heavy atom. The maximum absolute atomic E-state index is 13.2. The van der Waals surface area contributed by atoms with Gasteiger partial charge in [-0.15, -0.1) is 24.0 Å². The molecular weight excluding hydrogens is 491 g/mol. The highest BCUT2D eigenvalue weighted by Gasteiger charge is 2.33. The quantitative estimate of drug-likeness (QED) is 0.259. The van der Waals surface area contributed by atoms with Gasteiger partial charge in [0.25, 0.3) is 0 Å². The van der Waals surface area contributed by atoms with Crippen molar-refractivity contribution in [2.45, 2.75) is 46.0 Å². The average Bonchev–Trinajstić information content (AvgIpc) is 3.04. The number of benzene rings is 1. The van der Waals surface area contributed by atoms with Crippen LogP contribution in [0.15, 0.2) is 27.7 Å². The van der Waals surface area contributed by atoms with Crippen LogP contribution in [0.2, 0.25) is 0 Å². The van der Waals surface area contributed by atoms with E-state index >= 15 is 0 Å². The number of hydrogen-bond donors (Lipinski definition) is 2. The van der Waals surface area contributed by atoms with E-state index < -0.39 is 17.6 Å². The molecule has 0 saturated carbocycles. The molecule has 0 saturated heterocycles. The van der Waals surface area contributed by atoms with Crippen molar-refractivity contribution < 1.29 is 22.1 Å². The summed E-state index contributed by atoms with van der Waals surface area (Å²) in [6.45, 7) is 4.13. The van der Waals surface area contributed by atoms with E-state index in [1.807, 2.05) is 13.8 Å². The molecule has 1 heterocycles. The lowest BCUT2D eigenvalue weighted by atomic mass is 10.1. The summed E-state index contributed by atoms with van der Waals surface area (Å²) < 4.78 is 57.7. The molecule has 0 aliphatic rings. The fourth-order valence-corrected chi connectivity index (χ4v) is 2.68. The predicted octanol–water partition coefficient (Wildman–Crippen LogP) is 4.44. The molecule has 0 spiro atoms. The van der Waals surface area contributed by atoms with Crippen LogP contribution in [-0.2, 0) is 32.1 Å². The van der Waals surface area contributed by atoms with Gasteiger partial charge in [-0.3, -0.25) is 4.99 Å². The predicted molar refractivity (Wildman–Crippen MR) is 109 cm³/mol. The lowest BCUT2D eigenvalue weighted by Gasteiger charge is -2.16. The standard InChI is InChI=1S/C18H22F4N4O.HI/c1-4-15-13(16(5-2)27-26-15)10-25-17(23-3)24-9-11-6-7-12(19)8-14(11)18(20,21)22;/h6-8H,4-5,9-10H2,1-3H3,(H2,23,24,25);1H. The summed E-state index contributed by atoms with van der Waals surface area (Å²) in [7, 11) is 1.51. The largest absolute Gasteiger partial charge is 0.416 e. The Balaban J connectivity index is 0.00000392. The van der Waals surface area contributed by atoms with Gasteiger partial charge in [-0.05, 0) is 24.1 Å². The Morgan fingerprint density at radius 2 is 1.82 bits per heavy atom. The zero-order valence-electron chi connectivity index (χ0n) is 15.8. The van der Waals surface area contributed by atoms with Crippen molar-refractivity contribution in [3.05, 3.63) is 52.2 Å². The Labute approximate surface area is 178 Å². The molecule has 2 rings (SSSR count). The molecule has 0 unspecified atom stereocenters. The molecule has 0 bridgehead atoms. The Hall–Kier alpha value is -1.85. The molecule has 0 aliphatic carbocycles. The minimum Gasteiger partial charge on any atom is -0.361 e. The highest BCUT2D eigenvalue weighted by molar-refractivity contribution is 14.0. The highest BCUT2D eigenvalue weighted by Crippen LogP contribution is 2.32. The molecule has 2 N–H and O–H groups in total. The summed E-state index contributed by atoms with van der Waals surface area (Å²) in [6, 6.07) is 2.61. The molecule has 1 aromatic heterocycles. The van der Waals surface area contributed by atoms with E-state index in [0.717, 1.165) is 29.2 Å². The number of guanidine groups is 1. The average molecular weight is 514 g/mol. The molecule has 0 atom stereocenters. The van der Waals surface area contributed by atoms with E-state index in [9.17, 15) is 17.6 Å². The molecule has 0 radical (unpaired) electrons. The number of rotatable bonds is 6. The highest BCUT2D eigenvalue weighted by atomic mass is 127. The van der Waals surface area contributed by atoms with Gasteiger partial charge in [-0.1, -0.05) is 25.1 Å². The molecule has 156 valence electrons. The Morgan fingerprint density at radius 3 is 2.39 bits per heavy atom. The second-order valence-corrected chi connectivity index (χ2v) is 5.82. The minimum atomic E-state index is -4.63. The molecule has 0 aliphatic heterocycles. The summed E-state index contributed by atoms with van der Waals surface area (Å²) in [6.07, 6.45) is -3.25. The molecule has 1 aromatic carbocycles. The van der Waals surface area contributed by atoms with Crippen LogP contribution in [0.3, 0.4) is 0 Å². The van der Waals surface area contributed by atoms with Crippen molar-refractivity contribution in [1.29, 1.82) is 0 Å². The minimum absolute atomic E-state index is 0. The number of nitrogens with one attached hydrogen (secondary N) is 2. The normalized spacial score (nSPS) is 11.9. The van der Waals surface area contributed by atoms with Crippen molar-refractivity contribution in [3.8, 4) is 0 Å². The van der Waals surface area contributed by atoms with Crippen LogP contribution < -0.4 is 10.6 Å². The molecular formula is C18H23F4IN4O. The zero-order chi connectivity index (χ0) is 20.0. The number of aromatic nitrogens is 1. The number of alkyl halides is 3. The summed E-state index contributed by atoms with van der Waals surface area (Å²) in [5.74, 6) is 0.144. The first-order valence-electron chi connectivity index (χ1n) is 8.56. The van der Waals surface area contributed by atoms with Crippen LogP contribution in [0.1, 0.15) is 42.0 Å². The van der Waals surface area contributed by atoms with Crippen molar-refractivity contribution in [3.63, 3.8) is 0 Å². The van der Waals surface area contributed by atoms with Crippen LogP contribution in [0, 0.1) is 5.82 Å². The van der Waals surface area contributed by atoms with Crippen LogP contribution >= 0.6 is 24.0 Å². The van der Waals surface area contributed by atoms with Gasteiger partial charge in [0, 0.05) is 32.1 Å². The summed E-state index contributed by atoms with van der Waals surface area (Å²) in [5.41, 5.74) is 0.666. The Bertz CT molecular complexity index is 784. The maximum atomic E-state index is 13.2. The number of hydrogen-bond acceptors (Lipinski definition) is 3. The van der Waals surface area contributed by atoms with Gasteiger partial charge in [0.05, 0.1) is 11.3 Å². The van der Waals surface area contributed by atoms with Gasteiger partial charge in [0.2, 0.25) is 0 Å². The fourth-order valence-electron chi connectivity index (χ4n) is 2.68. The van der Waals surface area contributed by atoms with E-state index in [2.05, 4.69) is 20.8 Å². The van der Waals surface area contributed by atoms with Gasteiger partial charge in [-0.2, -0.15) is 13.2 Å². The maximum Gasteiger partial charge on any atom is 0.416 e. The monoisotopic (exact) mass is 514 g/mol. The van der Waals surface area contributed by atoms with Crippen molar-refractivity contribution in [2.75, 3.05) is 7.05 Å². The third kappa shape index (κ3) is 6.08. The van der Waals surface area contributed by atoms with Gasteiger partial charge < -0.3 is 15.2 Å². The van der Waals surface area contributed by atoms with Crippen molar-refractivity contribution in [2.24, 2.45) is 4.99 Å². The van der Waals surface area contributed by atoms with Gasteiger partial charge in [0.1, 0.15) is 11.6 Å². The van der Waals surface area contributed by atoms with E-state index in [4.69, 9.17) is 4.52 Å². The van der Waals surface area contributed by atoms with Crippen molar-refractivity contribution in [1.82, 2.24) is 15.8 Å². The number of aliphatic imine (C=N–C) groups is 1. The van der Waals surface area contributed by atoms with Crippen LogP contribution in [-0.4, -0.2) is 18.2 Å². The van der Waals surface area contributed by atoms with E-state index in [0.29, 0.717) is 31.4 Å². The Kier molecular flexibility index (Phi) is 9.18. The van der Waals surface area contributed by atoms with Crippen LogP contribution in [0.5, 0.6) is 0 Å². The van der Waals surface area contributed by atoms with Gasteiger partial charge in [-0.25, -0.2) is 4.39 Å². The summed E-state index contributed by atoms with van der Waals surface area (Å²) >= 11 is 0. The van der Waals surface area contributed by atoms with E-state index in [1.54, 1.807) is 0 Å². The third-order valence-corrected chi connectivity index (χ3v) is 4.09. The van der Waals surface area contributed by atoms with Gasteiger partial charge in [0.15, 0.2) is 5.96 Å². The first-order chi connectivity index (χ1) is 12.8. The first kappa shape index (κ1) is 24.2. The molecule has 0 amide bonds. The number of nitrogens with zero attached hydrogens (tertiary/aromatic N) is 2. The lowest BCUT2D eigenvalue weighted by molar-refractivity contribution is -0.138. The van der Waals surface area contributed by atoms with E-state index in [1.165, 1.54) is 7.05 Å². The SMILES string of the molecule is CCc1noc(CC)c1CNC(=NC)NCc1ccc(F)cc1C(F)(F)F.I. The molecule has 28 heavy (non-hydrogen) atoms. The zero-order valence-corrected chi connectivity index (χ0v) is 18.1. The smallest absolute Gasteiger partial charge is 0.361 e. The number of halogens is 5. The number of aryl methyl sites for hydroxylation is 2. The summed E-state index contributed by atoms with van der Waals surface area (Å²) in [4.78, 5) is 4.01.